The van der Waals surface area contributed by atoms with Gasteiger partial charge in [0.15, 0.2) is 11.5 Å². The van der Waals surface area contributed by atoms with Crippen molar-refractivity contribution in [2.45, 2.75) is 26.7 Å². The third-order valence-corrected chi connectivity index (χ3v) is 4.35. The largest absolute Gasteiger partial charge is 0.486 e. The van der Waals surface area contributed by atoms with Crippen molar-refractivity contribution in [3.63, 3.8) is 0 Å². The van der Waals surface area contributed by atoms with E-state index < -0.39 is 0 Å². The molecule has 0 spiro atoms. The molecule has 1 aliphatic rings. The van der Waals surface area contributed by atoms with Crippen molar-refractivity contribution in [3.05, 3.63) is 53.1 Å². The highest BCUT2D eigenvalue weighted by Crippen LogP contribution is 2.31. The SMILES string of the molecule is CCOC(=O)c1cccc(NC(=O)CCc2ccc3c(c2)OCCO3)c1C. The summed E-state index contributed by atoms with van der Waals surface area (Å²) >= 11 is 0. The molecule has 0 aliphatic carbocycles. The van der Waals surface area contributed by atoms with Crippen LogP contribution in [-0.2, 0) is 16.0 Å². The summed E-state index contributed by atoms with van der Waals surface area (Å²) in [7, 11) is 0. The van der Waals surface area contributed by atoms with Crippen LogP contribution in [0.3, 0.4) is 0 Å². The minimum atomic E-state index is -0.387. The van der Waals surface area contributed by atoms with E-state index >= 15 is 0 Å². The van der Waals surface area contributed by atoms with Crippen molar-refractivity contribution in [3.8, 4) is 11.5 Å². The molecule has 0 unspecified atom stereocenters. The van der Waals surface area contributed by atoms with Gasteiger partial charge >= 0.3 is 5.97 Å². The van der Waals surface area contributed by atoms with E-state index in [0.717, 1.165) is 17.1 Å². The molecular weight excluding hydrogens is 346 g/mol. The Labute approximate surface area is 158 Å². The van der Waals surface area contributed by atoms with Crippen LogP contribution in [0.25, 0.3) is 0 Å². The number of hydrogen-bond donors (Lipinski definition) is 1. The molecule has 27 heavy (non-hydrogen) atoms. The molecule has 0 saturated heterocycles. The first-order valence-corrected chi connectivity index (χ1v) is 9.03. The fourth-order valence-corrected chi connectivity index (χ4v) is 2.91. The van der Waals surface area contributed by atoms with Crippen LogP contribution in [0.4, 0.5) is 5.69 Å². The number of carbonyl (C=O) groups excluding carboxylic acids is 2. The minimum absolute atomic E-state index is 0.117. The number of rotatable bonds is 6. The third-order valence-electron chi connectivity index (χ3n) is 4.35. The molecule has 0 radical (unpaired) electrons. The van der Waals surface area contributed by atoms with Crippen molar-refractivity contribution < 1.29 is 23.8 Å². The number of amides is 1. The van der Waals surface area contributed by atoms with Crippen LogP contribution in [0.2, 0.25) is 0 Å². The van der Waals surface area contributed by atoms with Crippen LogP contribution in [0, 0.1) is 6.92 Å². The van der Waals surface area contributed by atoms with Crippen LogP contribution in [0.15, 0.2) is 36.4 Å². The van der Waals surface area contributed by atoms with Crippen LogP contribution in [0.5, 0.6) is 11.5 Å². The van der Waals surface area contributed by atoms with Gasteiger partial charge in [0.1, 0.15) is 13.2 Å². The van der Waals surface area contributed by atoms with Gasteiger partial charge in [-0.2, -0.15) is 0 Å². The summed E-state index contributed by atoms with van der Waals surface area (Å²) in [4.78, 5) is 24.3. The van der Waals surface area contributed by atoms with Crippen molar-refractivity contribution in [1.82, 2.24) is 0 Å². The Morgan fingerprint density at radius 3 is 2.67 bits per heavy atom. The van der Waals surface area contributed by atoms with Gasteiger partial charge in [0.05, 0.1) is 12.2 Å². The molecular formula is C21H23NO5. The molecule has 0 atom stereocenters. The summed E-state index contributed by atoms with van der Waals surface area (Å²) in [6.07, 6.45) is 0.905. The topological polar surface area (TPSA) is 73.9 Å². The zero-order valence-corrected chi connectivity index (χ0v) is 15.5. The number of esters is 1. The van der Waals surface area contributed by atoms with Gasteiger partial charge in [0, 0.05) is 12.1 Å². The van der Waals surface area contributed by atoms with E-state index in [1.54, 1.807) is 32.0 Å². The maximum absolute atomic E-state index is 12.4. The molecule has 142 valence electrons. The lowest BCUT2D eigenvalue weighted by atomic mass is 10.1. The highest BCUT2D eigenvalue weighted by atomic mass is 16.6. The van der Waals surface area contributed by atoms with Crippen LogP contribution in [-0.4, -0.2) is 31.7 Å². The summed E-state index contributed by atoms with van der Waals surface area (Å²) in [5.74, 6) is 0.953. The summed E-state index contributed by atoms with van der Waals surface area (Å²) in [6.45, 7) is 4.95. The Hall–Kier alpha value is -3.02. The zero-order chi connectivity index (χ0) is 19.2. The standard InChI is InChI=1S/C21H23NO5/c1-3-25-21(24)16-5-4-6-17(14(16)2)22-20(23)10-8-15-7-9-18-19(13-15)27-12-11-26-18/h4-7,9,13H,3,8,10-12H2,1-2H3,(H,22,23). The van der Waals surface area contributed by atoms with Gasteiger partial charge in [0.25, 0.3) is 0 Å². The summed E-state index contributed by atoms with van der Waals surface area (Å²) in [5, 5.41) is 2.88. The lowest BCUT2D eigenvalue weighted by molar-refractivity contribution is -0.116. The van der Waals surface area contributed by atoms with E-state index in [4.69, 9.17) is 14.2 Å². The first-order chi connectivity index (χ1) is 13.1. The molecule has 2 aromatic rings. The Kier molecular flexibility index (Phi) is 5.96. The Balaban J connectivity index is 1.61. The molecule has 1 heterocycles. The van der Waals surface area contributed by atoms with Crippen LogP contribution < -0.4 is 14.8 Å². The minimum Gasteiger partial charge on any atom is -0.486 e. The number of hydrogen-bond acceptors (Lipinski definition) is 5. The van der Waals surface area contributed by atoms with Gasteiger partial charge < -0.3 is 19.5 Å². The lowest BCUT2D eigenvalue weighted by Gasteiger charge is -2.18. The van der Waals surface area contributed by atoms with E-state index in [9.17, 15) is 9.59 Å². The number of ether oxygens (including phenoxy) is 3. The van der Waals surface area contributed by atoms with E-state index in [2.05, 4.69) is 5.32 Å². The highest BCUT2D eigenvalue weighted by molar-refractivity contribution is 5.96. The molecule has 6 heteroatoms. The maximum atomic E-state index is 12.4. The molecule has 0 aromatic heterocycles. The zero-order valence-electron chi connectivity index (χ0n) is 15.5. The van der Waals surface area contributed by atoms with E-state index in [-0.39, 0.29) is 11.9 Å². The number of anilines is 1. The summed E-state index contributed by atoms with van der Waals surface area (Å²) in [6, 6.07) is 10.9. The Morgan fingerprint density at radius 2 is 1.89 bits per heavy atom. The molecule has 0 saturated carbocycles. The molecule has 1 aliphatic heterocycles. The van der Waals surface area contributed by atoms with Gasteiger partial charge in [-0.1, -0.05) is 12.1 Å². The number of aryl methyl sites for hydroxylation is 1. The maximum Gasteiger partial charge on any atom is 0.338 e. The van der Waals surface area contributed by atoms with Gasteiger partial charge in [-0.3, -0.25) is 4.79 Å². The lowest BCUT2D eigenvalue weighted by Crippen LogP contribution is -2.16. The van der Waals surface area contributed by atoms with Gasteiger partial charge in [0.2, 0.25) is 5.91 Å². The second-order valence-electron chi connectivity index (χ2n) is 6.22. The molecule has 0 fully saturated rings. The van der Waals surface area contributed by atoms with Crippen molar-refractivity contribution in [2.75, 3.05) is 25.1 Å². The molecule has 6 nitrogen and oxygen atoms in total. The summed E-state index contributed by atoms with van der Waals surface area (Å²) < 4.78 is 16.1. The monoisotopic (exact) mass is 369 g/mol. The first-order valence-electron chi connectivity index (χ1n) is 9.03. The molecule has 2 aromatic carbocycles. The third kappa shape index (κ3) is 4.58. The smallest absolute Gasteiger partial charge is 0.338 e. The van der Waals surface area contributed by atoms with Crippen molar-refractivity contribution >= 4 is 17.6 Å². The number of benzene rings is 2. The number of fused-ring (bicyclic) bond motifs is 1. The fourth-order valence-electron chi connectivity index (χ4n) is 2.91. The highest BCUT2D eigenvalue weighted by Gasteiger charge is 2.15. The van der Waals surface area contributed by atoms with E-state index in [1.807, 2.05) is 18.2 Å². The van der Waals surface area contributed by atoms with Gasteiger partial charge in [-0.25, -0.2) is 4.79 Å². The molecule has 3 rings (SSSR count). The number of carbonyl (C=O) groups is 2. The summed E-state index contributed by atoms with van der Waals surface area (Å²) in [5.41, 5.74) is 2.78. The second-order valence-corrected chi connectivity index (χ2v) is 6.22. The van der Waals surface area contributed by atoms with Crippen LogP contribution >= 0.6 is 0 Å². The Bertz CT molecular complexity index is 846. The molecule has 1 N–H and O–H groups in total. The first kappa shape index (κ1) is 18.8. The Morgan fingerprint density at radius 1 is 1.11 bits per heavy atom. The van der Waals surface area contributed by atoms with Crippen molar-refractivity contribution in [2.24, 2.45) is 0 Å². The van der Waals surface area contributed by atoms with E-state index in [1.165, 1.54) is 0 Å². The molecule has 1 amide bonds. The van der Waals surface area contributed by atoms with Gasteiger partial charge in [-0.15, -0.1) is 0 Å². The normalized spacial score (nSPS) is 12.4. The van der Waals surface area contributed by atoms with Gasteiger partial charge in [-0.05, 0) is 55.7 Å². The quantitative estimate of drug-likeness (QED) is 0.789. The fraction of sp³-hybridized carbons (Fsp3) is 0.333. The van der Waals surface area contributed by atoms with E-state index in [0.29, 0.717) is 49.5 Å². The molecule has 0 bridgehead atoms. The second kappa shape index (κ2) is 8.58. The van der Waals surface area contributed by atoms with Crippen molar-refractivity contribution in [1.29, 1.82) is 0 Å². The average molecular weight is 369 g/mol. The van der Waals surface area contributed by atoms with Crippen LogP contribution in [0.1, 0.15) is 34.8 Å². The predicted molar refractivity (Wildman–Crippen MR) is 102 cm³/mol. The number of nitrogens with one attached hydrogen (secondary N) is 1. The average Bonchev–Trinajstić information content (AvgIpc) is 2.68. The predicted octanol–water partition coefficient (Wildman–Crippen LogP) is 3.51.